The number of alkyl halides is 3. The van der Waals surface area contributed by atoms with Gasteiger partial charge in [-0.2, -0.15) is 13.2 Å². The van der Waals surface area contributed by atoms with Gasteiger partial charge in [-0.15, -0.1) is 0 Å². The Balaban J connectivity index is 1.77. The molecule has 0 aliphatic heterocycles. The Hall–Kier alpha value is -2.77. The number of halogens is 3. The number of carbonyl (C=O) groups is 1. The van der Waals surface area contributed by atoms with E-state index in [0.29, 0.717) is 28.8 Å². The third kappa shape index (κ3) is 3.76. The molecule has 0 bridgehead atoms. The number of amides is 1. The van der Waals surface area contributed by atoms with Crippen LogP contribution in [0.25, 0.3) is 10.9 Å². The fourth-order valence-electron chi connectivity index (χ4n) is 3.64. The van der Waals surface area contributed by atoms with Crippen molar-refractivity contribution in [2.75, 3.05) is 6.54 Å². The van der Waals surface area contributed by atoms with Crippen molar-refractivity contribution in [1.82, 2.24) is 15.5 Å². The molecule has 1 amide bonds. The Morgan fingerprint density at radius 2 is 2.00 bits per heavy atom. The predicted octanol–water partition coefficient (Wildman–Crippen LogP) is 4.64. The second kappa shape index (κ2) is 7.69. The summed E-state index contributed by atoms with van der Waals surface area (Å²) in [5.41, 5.74) is 1.21. The summed E-state index contributed by atoms with van der Waals surface area (Å²) in [7, 11) is 0. The minimum Gasteiger partial charge on any atom is -0.361 e. The van der Waals surface area contributed by atoms with Crippen molar-refractivity contribution in [3.05, 3.63) is 52.5 Å². The van der Waals surface area contributed by atoms with E-state index in [1.165, 1.54) is 0 Å². The number of benzene rings is 1. The van der Waals surface area contributed by atoms with Crippen molar-refractivity contribution < 1.29 is 22.5 Å². The van der Waals surface area contributed by atoms with E-state index in [4.69, 9.17) is 4.52 Å². The van der Waals surface area contributed by atoms with Gasteiger partial charge in [-0.3, -0.25) is 4.79 Å². The maximum atomic E-state index is 13.4. The molecule has 0 spiro atoms. The number of nitrogens with one attached hydrogen (secondary N) is 2. The number of aromatic amines is 1. The first-order valence-corrected chi connectivity index (χ1v) is 9.11. The minimum atomic E-state index is -4.49. The van der Waals surface area contributed by atoms with Crippen LogP contribution in [0.15, 0.2) is 28.8 Å². The molecule has 0 fully saturated rings. The molecule has 2 heterocycles. The summed E-state index contributed by atoms with van der Waals surface area (Å²) in [4.78, 5) is 15.1. The van der Waals surface area contributed by atoms with Crippen LogP contribution in [0.4, 0.5) is 13.2 Å². The fraction of sp³-hybridized carbons (Fsp3) is 0.400. The van der Waals surface area contributed by atoms with E-state index in [-0.39, 0.29) is 24.4 Å². The summed E-state index contributed by atoms with van der Waals surface area (Å²) in [6.07, 6.45) is -3.88. The number of rotatable bonds is 6. The average molecular weight is 393 g/mol. The molecular formula is C20H22F3N3O2. The van der Waals surface area contributed by atoms with Gasteiger partial charge in [0.25, 0.3) is 0 Å². The Bertz CT molecular complexity index is 969. The van der Waals surface area contributed by atoms with Gasteiger partial charge in [0.2, 0.25) is 5.91 Å². The number of fused-ring (bicyclic) bond motifs is 1. The fourth-order valence-corrected chi connectivity index (χ4v) is 3.64. The lowest BCUT2D eigenvalue weighted by molar-refractivity contribution is -0.141. The molecule has 3 aromatic rings. The van der Waals surface area contributed by atoms with Crippen molar-refractivity contribution in [2.45, 2.75) is 45.7 Å². The molecule has 3 rings (SSSR count). The third-order valence-electron chi connectivity index (χ3n) is 4.93. The maximum Gasteiger partial charge on any atom is 0.431 e. The highest BCUT2D eigenvalue weighted by Crippen LogP contribution is 2.35. The number of H-pyrrole nitrogens is 1. The average Bonchev–Trinajstić information content (AvgIpc) is 3.17. The van der Waals surface area contributed by atoms with Crippen LogP contribution in [-0.2, 0) is 17.4 Å². The zero-order chi connectivity index (χ0) is 20.5. The number of aromatic nitrogens is 2. The summed E-state index contributed by atoms with van der Waals surface area (Å²) in [6.45, 7) is 5.48. The highest BCUT2D eigenvalue weighted by molar-refractivity contribution is 5.86. The molecule has 2 N–H and O–H groups in total. The number of nitrogens with zero attached hydrogens (tertiary/aromatic N) is 1. The van der Waals surface area contributed by atoms with Gasteiger partial charge in [0.15, 0.2) is 0 Å². The van der Waals surface area contributed by atoms with Crippen LogP contribution in [0.1, 0.15) is 47.5 Å². The molecule has 1 unspecified atom stereocenters. The van der Waals surface area contributed by atoms with E-state index in [9.17, 15) is 18.0 Å². The molecule has 1 atom stereocenters. The van der Waals surface area contributed by atoms with Crippen LogP contribution in [0, 0.1) is 13.8 Å². The SMILES string of the molecule is CCC(C(=O)NCCc1c(C(F)(F)F)[nH]c2ccccc12)c1c(C)noc1C. The quantitative estimate of drug-likeness (QED) is 0.641. The monoisotopic (exact) mass is 393 g/mol. The standard InChI is InChI=1S/C20H22F3N3O2/c1-4-13(17-11(2)26-28-12(17)3)19(27)24-10-9-15-14-7-5-6-8-16(14)25-18(15)20(21,22)23/h5-8,13,25H,4,9-10H2,1-3H3,(H,24,27). The van der Waals surface area contributed by atoms with E-state index < -0.39 is 17.8 Å². The number of hydrogen-bond donors (Lipinski definition) is 2. The van der Waals surface area contributed by atoms with Crippen molar-refractivity contribution in [3.8, 4) is 0 Å². The van der Waals surface area contributed by atoms with Gasteiger partial charge in [0, 0.05) is 23.0 Å². The first-order valence-electron chi connectivity index (χ1n) is 9.11. The summed E-state index contributed by atoms with van der Waals surface area (Å²) in [6, 6.07) is 6.64. The van der Waals surface area contributed by atoms with Crippen LogP contribution in [-0.4, -0.2) is 22.6 Å². The molecule has 0 aliphatic rings. The molecule has 150 valence electrons. The Morgan fingerprint density at radius 1 is 1.29 bits per heavy atom. The number of para-hydroxylation sites is 1. The van der Waals surface area contributed by atoms with Gasteiger partial charge < -0.3 is 14.8 Å². The Morgan fingerprint density at radius 3 is 2.61 bits per heavy atom. The number of hydrogen-bond acceptors (Lipinski definition) is 3. The van der Waals surface area contributed by atoms with Gasteiger partial charge in [0.05, 0.1) is 11.6 Å². The van der Waals surface area contributed by atoms with Crippen LogP contribution in [0.5, 0.6) is 0 Å². The molecule has 28 heavy (non-hydrogen) atoms. The topological polar surface area (TPSA) is 70.9 Å². The molecule has 5 nitrogen and oxygen atoms in total. The van der Waals surface area contributed by atoms with Crippen molar-refractivity contribution in [1.29, 1.82) is 0 Å². The second-order valence-corrected chi connectivity index (χ2v) is 6.76. The summed E-state index contributed by atoms with van der Waals surface area (Å²) >= 11 is 0. The lowest BCUT2D eigenvalue weighted by Gasteiger charge is -2.15. The van der Waals surface area contributed by atoms with Crippen LogP contribution < -0.4 is 5.32 Å². The van der Waals surface area contributed by atoms with Crippen molar-refractivity contribution in [3.63, 3.8) is 0 Å². The highest BCUT2D eigenvalue weighted by atomic mass is 19.4. The summed E-state index contributed by atoms with van der Waals surface area (Å²) in [5.74, 6) is -0.114. The molecule has 1 aromatic carbocycles. The molecule has 0 aliphatic carbocycles. The second-order valence-electron chi connectivity index (χ2n) is 6.76. The minimum absolute atomic E-state index is 0.0721. The van der Waals surface area contributed by atoms with Gasteiger partial charge in [-0.05, 0) is 38.3 Å². The zero-order valence-corrected chi connectivity index (χ0v) is 15.9. The van der Waals surface area contributed by atoms with Crippen LogP contribution >= 0.6 is 0 Å². The number of carbonyl (C=O) groups excluding carboxylic acids is 1. The Labute approximate surface area is 160 Å². The lowest BCUT2D eigenvalue weighted by atomic mass is 9.94. The first-order chi connectivity index (χ1) is 13.2. The van der Waals surface area contributed by atoms with Crippen LogP contribution in [0.3, 0.4) is 0 Å². The van der Waals surface area contributed by atoms with E-state index in [1.807, 2.05) is 6.92 Å². The van der Waals surface area contributed by atoms with Crippen molar-refractivity contribution in [2.24, 2.45) is 0 Å². The first kappa shape index (κ1) is 20.0. The molecule has 2 aromatic heterocycles. The van der Waals surface area contributed by atoms with Gasteiger partial charge in [-0.25, -0.2) is 0 Å². The molecule has 0 saturated carbocycles. The Kier molecular flexibility index (Phi) is 5.49. The molecule has 0 radical (unpaired) electrons. The number of aryl methyl sites for hydroxylation is 2. The molecular weight excluding hydrogens is 371 g/mol. The zero-order valence-electron chi connectivity index (χ0n) is 15.9. The third-order valence-corrected chi connectivity index (χ3v) is 4.93. The molecule has 8 heteroatoms. The van der Waals surface area contributed by atoms with Crippen LogP contribution in [0.2, 0.25) is 0 Å². The summed E-state index contributed by atoms with van der Waals surface area (Å²) < 4.78 is 45.3. The lowest BCUT2D eigenvalue weighted by Crippen LogP contribution is -2.31. The van der Waals surface area contributed by atoms with Gasteiger partial charge in [-0.1, -0.05) is 30.3 Å². The predicted molar refractivity (Wildman–Crippen MR) is 99.0 cm³/mol. The van der Waals surface area contributed by atoms with E-state index in [0.717, 1.165) is 5.56 Å². The van der Waals surface area contributed by atoms with Crippen molar-refractivity contribution >= 4 is 16.8 Å². The largest absolute Gasteiger partial charge is 0.431 e. The van der Waals surface area contributed by atoms with E-state index in [2.05, 4.69) is 15.5 Å². The molecule has 0 saturated heterocycles. The highest BCUT2D eigenvalue weighted by Gasteiger charge is 2.36. The smallest absolute Gasteiger partial charge is 0.361 e. The van der Waals surface area contributed by atoms with E-state index >= 15 is 0 Å². The maximum absolute atomic E-state index is 13.4. The van der Waals surface area contributed by atoms with Gasteiger partial charge in [0.1, 0.15) is 11.5 Å². The van der Waals surface area contributed by atoms with Gasteiger partial charge >= 0.3 is 6.18 Å². The van der Waals surface area contributed by atoms with E-state index in [1.54, 1.807) is 38.1 Å². The summed E-state index contributed by atoms with van der Waals surface area (Å²) in [5, 5.41) is 7.16. The normalized spacial score (nSPS) is 13.1.